The number of hydrogen-bond acceptors (Lipinski definition) is 4. The van der Waals surface area contributed by atoms with Gasteiger partial charge in [-0.3, -0.25) is 9.69 Å². The third-order valence-electron chi connectivity index (χ3n) is 2.55. The number of carbonyl (C=O) groups is 1. The van der Waals surface area contributed by atoms with E-state index in [4.69, 9.17) is 9.47 Å². The van der Waals surface area contributed by atoms with Gasteiger partial charge in [-0.05, 0) is 6.92 Å². The molecule has 0 aromatic carbocycles. The van der Waals surface area contributed by atoms with Gasteiger partial charge in [-0.25, -0.2) is 0 Å². The van der Waals surface area contributed by atoms with Gasteiger partial charge in [0.05, 0.1) is 13.2 Å². The first-order valence-electron chi connectivity index (χ1n) is 5.34. The summed E-state index contributed by atoms with van der Waals surface area (Å²) in [5.41, 5.74) is 0. The minimum absolute atomic E-state index is 0.0502. The summed E-state index contributed by atoms with van der Waals surface area (Å²) in [7, 11) is 1.53. The van der Waals surface area contributed by atoms with E-state index >= 15 is 0 Å². The van der Waals surface area contributed by atoms with Gasteiger partial charge in [0.25, 0.3) is 0 Å². The van der Waals surface area contributed by atoms with Crippen LogP contribution in [0.25, 0.3) is 0 Å². The van der Waals surface area contributed by atoms with Gasteiger partial charge in [0.1, 0.15) is 6.10 Å². The van der Waals surface area contributed by atoms with E-state index in [9.17, 15) is 4.79 Å². The van der Waals surface area contributed by atoms with Crippen LogP contribution in [0.15, 0.2) is 0 Å². The lowest BCUT2D eigenvalue weighted by atomic mass is 10.3. The molecule has 0 bridgehead atoms. The summed E-state index contributed by atoms with van der Waals surface area (Å²) in [4.78, 5) is 13.6. The zero-order valence-corrected chi connectivity index (χ0v) is 9.49. The predicted octanol–water partition coefficient (Wildman–Crippen LogP) is -0.530. The Labute approximate surface area is 90.7 Å². The summed E-state index contributed by atoms with van der Waals surface area (Å²) in [6.45, 7) is 6.79. The number of morpholine rings is 1. The van der Waals surface area contributed by atoms with Crippen LogP contribution >= 0.6 is 0 Å². The molecule has 1 fully saturated rings. The van der Waals surface area contributed by atoms with Crippen LogP contribution in [0, 0.1) is 0 Å². The number of hydrogen-bond donors (Lipinski definition) is 1. The first-order chi connectivity index (χ1) is 7.24. The first-order valence-corrected chi connectivity index (χ1v) is 5.34. The molecule has 1 rings (SSSR count). The van der Waals surface area contributed by atoms with Crippen molar-refractivity contribution in [3.63, 3.8) is 0 Å². The van der Waals surface area contributed by atoms with Crippen LogP contribution in [-0.2, 0) is 14.3 Å². The van der Waals surface area contributed by atoms with E-state index in [2.05, 4.69) is 10.2 Å². The number of rotatable bonds is 5. The maximum atomic E-state index is 11.3. The van der Waals surface area contributed by atoms with E-state index in [0.29, 0.717) is 6.54 Å². The van der Waals surface area contributed by atoms with Crippen LogP contribution in [0.1, 0.15) is 6.92 Å². The Hall–Kier alpha value is -0.650. The van der Waals surface area contributed by atoms with Crippen molar-refractivity contribution in [3.8, 4) is 0 Å². The van der Waals surface area contributed by atoms with Crippen LogP contribution in [0.5, 0.6) is 0 Å². The third kappa shape index (κ3) is 4.59. The smallest absolute Gasteiger partial charge is 0.248 e. The molecule has 0 aromatic heterocycles. The molecule has 0 radical (unpaired) electrons. The molecule has 1 saturated heterocycles. The van der Waals surface area contributed by atoms with Gasteiger partial charge in [0, 0.05) is 33.3 Å². The maximum Gasteiger partial charge on any atom is 0.248 e. The highest BCUT2D eigenvalue weighted by Crippen LogP contribution is 1.95. The fourth-order valence-electron chi connectivity index (χ4n) is 1.41. The molecule has 5 heteroatoms. The molecule has 0 spiro atoms. The molecule has 1 amide bonds. The van der Waals surface area contributed by atoms with Crippen molar-refractivity contribution in [2.24, 2.45) is 0 Å². The molecule has 88 valence electrons. The van der Waals surface area contributed by atoms with Crippen molar-refractivity contribution >= 4 is 5.91 Å². The molecular formula is C10H20N2O3. The summed E-state index contributed by atoms with van der Waals surface area (Å²) < 4.78 is 10.1. The number of nitrogens with one attached hydrogen (secondary N) is 1. The fraction of sp³-hybridized carbons (Fsp3) is 0.900. The summed E-state index contributed by atoms with van der Waals surface area (Å²) in [6, 6.07) is 0. The highest BCUT2D eigenvalue weighted by atomic mass is 16.5. The molecule has 1 aliphatic heterocycles. The van der Waals surface area contributed by atoms with E-state index < -0.39 is 0 Å². The highest BCUT2D eigenvalue weighted by molar-refractivity contribution is 5.80. The van der Waals surface area contributed by atoms with Crippen LogP contribution in [0.4, 0.5) is 0 Å². The second-order valence-electron chi connectivity index (χ2n) is 3.62. The summed E-state index contributed by atoms with van der Waals surface area (Å²) in [6.07, 6.45) is -0.366. The van der Waals surface area contributed by atoms with Crippen molar-refractivity contribution in [3.05, 3.63) is 0 Å². The number of methoxy groups -OCH3 is 1. The normalized spacial score (nSPS) is 19.9. The number of ether oxygens (including phenoxy) is 2. The minimum atomic E-state index is -0.366. The van der Waals surface area contributed by atoms with Crippen molar-refractivity contribution in [2.45, 2.75) is 13.0 Å². The Balaban J connectivity index is 2.07. The average molecular weight is 216 g/mol. The number of carbonyl (C=O) groups excluding carboxylic acids is 1. The zero-order valence-electron chi connectivity index (χ0n) is 9.49. The van der Waals surface area contributed by atoms with Crippen LogP contribution in [-0.4, -0.2) is 63.4 Å². The first kappa shape index (κ1) is 12.4. The quantitative estimate of drug-likeness (QED) is 0.671. The second-order valence-corrected chi connectivity index (χ2v) is 3.62. The van der Waals surface area contributed by atoms with E-state index in [1.54, 1.807) is 6.92 Å². The molecule has 0 aliphatic carbocycles. The number of nitrogens with zero attached hydrogens (tertiary/aromatic N) is 1. The third-order valence-corrected chi connectivity index (χ3v) is 2.55. The van der Waals surface area contributed by atoms with Gasteiger partial charge in [-0.2, -0.15) is 0 Å². The summed E-state index contributed by atoms with van der Waals surface area (Å²) in [5, 5.41) is 2.83. The molecule has 0 aromatic rings. The van der Waals surface area contributed by atoms with Gasteiger partial charge in [0.15, 0.2) is 0 Å². The Morgan fingerprint density at radius 3 is 2.80 bits per heavy atom. The lowest BCUT2D eigenvalue weighted by molar-refractivity contribution is -0.130. The highest BCUT2D eigenvalue weighted by Gasteiger charge is 2.12. The predicted molar refractivity (Wildman–Crippen MR) is 56.7 cm³/mol. The van der Waals surface area contributed by atoms with Crippen LogP contribution in [0.3, 0.4) is 0 Å². The summed E-state index contributed by atoms with van der Waals surface area (Å²) >= 11 is 0. The van der Waals surface area contributed by atoms with Gasteiger partial charge in [-0.15, -0.1) is 0 Å². The monoisotopic (exact) mass is 216 g/mol. The Kier molecular flexibility index (Phi) is 5.60. The molecule has 1 N–H and O–H groups in total. The minimum Gasteiger partial charge on any atom is -0.379 e. The van der Waals surface area contributed by atoms with Crippen LogP contribution in [0.2, 0.25) is 0 Å². The lowest BCUT2D eigenvalue weighted by Crippen LogP contribution is -2.43. The molecule has 1 heterocycles. The topological polar surface area (TPSA) is 50.8 Å². The Morgan fingerprint density at radius 1 is 1.53 bits per heavy atom. The van der Waals surface area contributed by atoms with Gasteiger partial charge in [0.2, 0.25) is 5.91 Å². The maximum absolute atomic E-state index is 11.3. The van der Waals surface area contributed by atoms with E-state index in [1.807, 2.05) is 0 Å². The van der Waals surface area contributed by atoms with Crippen molar-refractivity contribution in [1.82, 2.24) is 10.2 Å². The van der Waals surface area contributed by atoms with E-state index in [0.717, 1.165) is 32.8 Å². The number of amides is 1. The van der Waals surface area contributed by atoms with E-state index in [-0.39, 0.29) is 12.0 Å². The largest absolute Gasteiger partial charge is 0.379 e. The lowest BCUT2D eigenvalue weighted by Gasteiger charge is -2.26. The average Bonchev–Trinajstić information content (AvgIpc) is 2.29. The van der Waals surface area contributed by atoms with Crippen molar-refractivity contribution in [2.75, 3.05) is 46.5 Å². The molecule has 1 unspecified atom stereocenters. The van der Waals surface area contributed by atoms with E-state index in [1.165, 1.54) is 7.11 Å². The standard InChI is InChI=1S/C10H20N2O3/c1-9(14-2)10(13)11-3-4-12-5-7-15-8-6-12/h9H,3-8H2,1-2H3,(H,11,13). The molecule has 0 saturated carbocycles. The molecule has 1 aliphatic rings. The summed E-state index contributed by atoms with van der Waals surface area (Å²) in [5.74, 6) is -0.0502. The second kappa shape index (κ2) is 6.76. The van der Waals surface area contributed by atoms with Crippen molar-refractivity contribution in [1.29, 1.82) is 0 Å². The molecule has 15 heavy (non-hydrogen) atoms. The van der Waals surface area contributed by atoms with Gasteiger partial charge < -0.3 is 14.8 Å². The molecular weight excluding hydrogens is 196 g/mol. The fourth-order valence-corrected chi connectivity index (χ4v) is 1.41. The SMILES string of the molecule is COC(C)C(=O)NCCN1CCOCC1. The van der Waals surface area contributed by atoms with Crippen molar-refractivity contribution < 1.29 is 14.3 Å². The Morgan fingerprint density at radius 2 is 2.20 bits per heavy atom. The Bertz CT molecular complexity index is 193. The van der Waals surface area contributed by atoms with Crippen LogP contribution < -0.4 is 5.32 Å². The molecule has 1 atom stereocenters. The zero-order chi connectivity index (χ0) is 11.1. The van der Waals surface area contributed by atoms with Gasteiger partial charge >= 0.3 is 0 Å². The molecule has 5 nitrogen and oxygen atoms in total. The van der Waals surface area contributed by atoms with Gasteiger partial charge in [-0.1, -0.05) is 0 Å².